The van der Waals surface area contributed by atoms with Crippen molar-refractivity contribution in [2.45, 2.75) is 45.6 Å². The predicted molar refractivity (Wildman–Crippen MR) is 78.6 cm³/mol. The molecule has 0 unspecified atom stereocenters. The van der Waals surface area contributed by atoms with E-state index < -0.39 is 29.5 Å². The number of halogens is 4. The first-order valence-corrected chi connectivity index (χ1v) is 7.12. The van der Waals surface area contributed by atoms with E-state index >= 15 is 0 Å². The molecule has 23 heavy (non-hydrogen) atoms. The summed E-state index contributed by atoms with van der Waals surface area (Å²) in [6, 6.07) is 0.734. The first kappa shape index (κ1) is 19.3. The molecule has 0 aliphatic rings. The Morgan fingerprint density at radius 3 is 2.48 bits per heavy atom. The molecule has 1 aromatic heterocycles. The molecule has 1 amide bonds. The number of nitrogens with zero attached hydrogens (tertiary/aromatic N) is 1. The van der Waals surface area contributed by atoms with E-state index in [2.05, 4.69) is 10.3 Å². The van der Waals surface area contributed by atoms with Crippen LogP contribution in [-0.2, 0) is 10.9 Å². The number of aromatic nitrogens is 1. The summed E-state index contributed by atoms with van der Waals surface area (Å²) in [4.78, 5) is 15.0. The van der Waals surface area contributed by atoms with E-state index in [1.165, 1.54) is 0 Å². The molecule has 0 aromatic carbocycles. The first-order chi connectivity index (χ1) is 10.4. The van der Waals surface area contributed by atoms with Gasteiger partial charge in [-0.1, -0.05) is 11.6 Å². The maximum absolute atomic E-state index is 12.5. The van der Waals surface area contributed by atoms with Crippen molar-refractivity contribution in [3.05, 3.63) is 22.8 Å². The van der Waals surface area contributed by atoms with Gasteiger partial charge in [-0.05, 0) is 33.8 Å². The van der Waals surface area contributed by atoms with Gasteiger partial charge >= 0.3 is 12.3 Å². The minimum Gasteiger partial charge on any atom is -0.472 e. The summed E-state index contributed by atoms with van der Waals surface area (Å²) < 4.78 is 47.9. The van der Waals surface area contributed by atoms with Gasteiger partial charge in [0.05, 0.1) is 12.1 Å². The summed E-state index contributed by atoms with van der Waals surface area (Å²) in [6.45, 7) is 6.84. The minimum atomic E-state index is -4.53. The molecule has 1 aromatic rings. The molecule has 0 radical (unpaired) electrons. The molecule has 1 N–H and O–H groups in total. The topological polar surface area (TPSA) is 60.5 Å². The summed E-state index contributed by atoms with van der Waals surface area (Å²) >= 11 is 5.73. The molecule has 1 heterocycles. The fourth-order valence-corrected chi connectivity index (χ4v) is 1.65. The van der Waals surface area contributed by atoms with Crippen LogP contribution in [0.1, 0.15) is 33.3 Å². The smallest absolute Gasteiger partial charge is 0.417 e. The van der Waals surface area contributed by atoms with Crippen LogP contribution in [0.3, 0.4) is 0 Å². The summed E-state index contributed by atoms with van der Waals surface area (Å²) in [5, 5.41) is 2.22. The highest BCUT2D eigenvalue weighted by Gasteiger charge is 2.32. The second kappa shape index (κ2) is 7.25. The number of alkyl carbamates (subject to hydrolysis) is 1. The number of pyridine rings is 1. The standard InChI is InChI=1S/C14H18ClF3N2O3/c1-8(6-20-12(21)23-13(2,3)4)22-11-10(15)5-9(7-19-11)14(16,17)18/h5,7-8H,6H2,1-4H3,(H,20,21)/t8-/m0/s1. The predicted octanol–water partition coefficient (Wildman–Crippen LogP) is 4.05. The Hall–Kier alpha value is -1.70. The Balaban J connectivity index is 2.58. The lowest BCUT2D eigenvalue weighted by Crippen LogP contribution is -2.37. The molecule has 130 valence electrons. The molecule has 0 aliphatic heterocycles. The lowest BCUT2D eigenvalue weighted by Gasteiger charge is -2.21. The van der Waals surface area contributed by atoms with Crippen LogP contribution in [0, 0.1) is 0 Å². The van der Waals surface area contributed by atoms with Crippen LogP contribution >= 0.6 is 11.6 Å². The molecule has 0 spiro atoms. The quantitative estimate of drug-likeness (QED) is 0.886. The maximum atomic E-state index is 12.5. The SMILES string of the molecule is C[C@@H](CNC(=O)OC(C)(C)C)Oc1ncc(C(F)(F)F)cc1Cl. The Labute approximate surface area is 137 Å². The third-order valence-corrected chi connectivity index (χ3v) is 2.65. The zero-order valence-electron chi connectivity index (χ0n) is 13.1. The van der Waals surface area contributed by atoms with E-state index in [4.69, 9.17) is 21.1 Å². The summed E-state index contributed by atoms with van der Waals surface area (Å²) in [6.07, 6.45) is -5.09. The second-order valence-electron chi connectivity index (χ2n) is 5.82. The number of hydrogen-bond donors (Lipinski definition) is 1. The van der Waals surface area contributed by atoms with Gasteiger partial charge < -0.3 is 14.8 Å². The number of nitrogens with one attached hydrogen (secondary N) is 1. The van der Waals surface area contributed by atoms with Crippen LogP contribution < -0.4 is 10.1 Å². The fourth-order valence-electron chi connectivity index (χ4n) is 1.44. The van der Waals surface area contributed by atoms with Gasteiger partial charge in [-0.2, -0.15) is 13.2 Å². The molecule has 5 nitrogen and oxygen atoms in total. The number of hydrogen-bond acceptors (Lipinski definition) is 4. The van der Waals surface area contributed by atoms with Gasteiger partial charge in [0.15, 0.2) is 0 Å². The van der Waals surface area contributed by atoms with E-state index in [-0.39, 0.29) is 17.4 Å². The van der Waals surface area contributed by atoms with Crippen LogP contribution in [0.2, 0.25) is 5.02 Å². The highest BCUT2D eigenvalue weighted by atomic mass is 35.5. The van der Waals surface area contributed by atoms with E-state index in [9.17, 15) is 18.0 Å². The average molecular weight is 355 g/mol. The number of rotatable bonds is 4. The van der Waals surface area contributed by atoms with Crippen molar-refractivity contribution in [1.29, 1.82) is 0 Å². The van der Waals surface area contributed by atoms with Gasteiger partial charge in [-0.15, -0.1) is 0 Å². The molecule has 0 fully saturated rings. The van der Waals surface area contributed by atoms with Crippen molar-refractivity contribution >= 4 is 17.7 Å². The monoisotopic (exact) mass is 354 g/mol. The van der Waals surface area contributed by atoms with Gasteiger partial charge in [-0.3, -0.25) is 0 Å². The van der Waals surface area contributed by atoms with E-state index in [0.717, 1.165) is 6.07 Å². The van der Waals surface area contributed by atoms with Crippen LogP contribution in [0.4, 0.5) is 18.0 Å². The normalized spacial score (nSPS) is 13.4. The van der Waals surface area contributed by atoms with Crippen LogP contribution in [0.25, 0.3) is 0 Å². The minimum absolute atomic E-state index is 0.0773. The Bertz CT molecular complexity index is 559. The molecular weight excluding hydrogens is 337 g/mol. The maximum Gasteiger partial charge on any atom is 0.417 e. The summed E-state index contributed by atoms with van der Waals surface area (Å²) in [7, 11) is 0. The van der Waals surface area contributed by atoms with Crippen molar-refractivity contribution < 1.29 is 27.4 Å². The lowest BCUT2D eigenvalue weighted by atomic mass is 10.2. The molecule has 0 bridgehead atoms. The van der Waals surface area contributed by atoms with E-state index in [1.54, 1.807) is 27.7 Å². The third kappa shape index (κ3) is 6.94. The highest BCUT2D eigenvalue weighted by Crippen LogP contribution is 2.33. The van der Waals surface area contributed by atoms with Crippen molar-refractivity contribution in [2.75, 3.05) is 6.54 Å². The van der Waals surface area contributed by atoms with Gasteiger partial charge in [0.1, 0.15) is 16.7 Å². The Kier molecular flexibility index (Phi) is 6.10. The van der Waals surface area contributed by atoms with Crippen molar-refractivity contribution in [3.63, 3.8) is 0 Å². The molecule has 0 saturated heterocycles. The van der Waals surface area contributed by atoms with Gasteiger partial charge in [0, 0.05) is 6.20 Å². The lowest BCUT2D eigenvalue weighted by molar-refractivity contribution is -0.137. The van der Waals surface area contributed by atoms with E-state index in [1.807, 2.05) is 0 Å². The number of ether oxygens (including phenoxy) is 2. The van der Waals surface area contributed by atoms with Gasteiger partial charge in [0.2, 0.25) is 5.88 Å². The van der Waals surface area contributed by atoms with Crippen LogP contribution in [0.15, 0.2) is 12.3 Å². The third-order valence-electron chi connectivity index (χ3n) is 2.38. The highest BCUT2D eigenvalue weighted by molar-refractivity contribution is 6.31. The van der Waals surface area contributed by atoms with Crippen molar-refractivity contribution in [2.24, 2.45) is 0 Å². The first-order valence-electron chi connectivity index (χ1n) is 6.75. The zero-order valence-corrected chi connectivity index (χ0v) is 13.9. The summed E-state index contributed by atoms with van der Waals surface area (Å²) in [5.41, 5.74) is -1.60. The van der Waals surface area contributed by atoms with Crippen molar-refractivity contribution in [3.8, 4) is 5.88 Å². The fraction of sp³-hybridized carbons (Fsp3) is 0.571. The molecule has 0 aliphatic carbocycles. The van der Waals surface area contributed by atoms with Gasteiger partial charge in [-0.25, -0.2) is 9.78 Å². The molecular formula is C14H18ClF3N2O3. The van der Waals surface area contributed by atoms with Crippen LogP contribution in [0.5, 0.6) is 5.88 Å². The number of carbonyl (C=O) groups excluding carboxylic acids is 1. The van der Waals surface area contributed by atoms with E-state index in [0.29, 0.717) is 6.20 Å². The number of amides is 1. The van der Waals surface area contributed by atoms with Crippen LogP contribution in [-0.4, -0.2) is 29.3 Å². The zero-order chi connectivity index (χ0) is 17.8. The Morgan fingerprint density at radius 1 is 1.39 bits per heavy atom. The summed E-state index contributed by atoms with van der Waals surface area (Å²) in [5.74, 6) is -0.141. The van der Waals surface area contributed by atoms with Crippen molar-refractivity contribution in [1.82, 2.24) is 10.3 Å². The molecule has 0 saturated carbocycles. The Morgan fingerprint density at radius 2 is 2.00 bits per heavy atom. The number of alkyl halides is 3. The largest absolute Gasteiger partial charge is 0.472 e. The average Bonchev–Trinajstić information content (AvgIpc) is 2.35. The molecule has 1 rings (SSSR count). The molecule has 1 atom stereocenters. The molecule has 9 heteroatoms. The second-order valence-corrected chi connectivity index (χ2v) is 6.23. The van der Waals surface area contributed by atoms with Gasteiger partial charge in [0.25, 0.3) is 0 Å². The number of carbonyl (C=O) groups is 1.